The molecule has 1 unspecified atom stereocenters. The van der Waals surface area contributed by atoms with Gasteiger partial charge in [0, 0.05) is 0 Å². The fourth-order valence-electron chi connectivity index (χ4n) is 2.00. The predicted octanol–water partition coefficient (Wildman–Crippen LogP) is 1.81. The second-order valence-corrected chi connectivity index (χ2v) is 4.14. The van der Waals surface area contributed by atoms with Crippen molar-refractivity contribution < 1.29 is 14.6 Å². The number of carboxylic acid groups (broad SMARTS) is 1. The minimum atomic E-state index is -0.769. The summed E-state index contributed by atoms with van der Waals surface area (Å²) in [5.41, 5.74) is 0. The third-order valence-electron chi connectivity index (χ3n) is 2.93. The Bertz CT molecular complexity index is 192. The maximum atomic E-state index is 10.8. The van der Waals surface area contributed by atoms with Crippen molar-refractivity contribution in [1.29, 1.82) is 0 Å². The number of hydrogen-bond acceptors (Lipinski definition) is 2. The van der Waals surface area contributed by atoms with Gasteiger partial charge in [-0.3, -0.25) is 0 Å². The summed E-state index contributed by atoms with van der Waals surface area (Å²) in [6, 6.07) is 0. The molecule has 0 aromatic rings. The first-order chi connectivity index (χ1) is 6.27. The zero-order valence-corrected chi connectivity index (χ0v) is 7.74. The van der Waals surface area contributed by atoms with E-state index in [0.717, 1.165) is 25.7 Å². The van der Waals surface area contributed by atoms with Gasteiger partial charge in [0.2, 0.25) is 0 Å². The molecule has 0 aromatic carbocycles. The topological polar surface area (TPSA) is 46.5 Å². The van der Waals surface area contributed by atoms with Crippen molar-refractivity contribution in [2.45, 2.75) is 50.7 Å². The van der Waals surface area contributed by atoms with Crippen molar-refractivity contribution >= 4 is 5.97 Å². The molecule has 3 heteroatoms. The van der Waals surface area contributed by atoms with Crippen LogP contribution in [0.25, 0.3) is 0 Å². The lowest BCUT2D eigenvalue weighted by atomic mass is 10.2. The van der Waals surface area contributed by atoms with E-state index in [0.29, 0.717) is 5.92 Å². The minimum absolute atomic E-state index is 0.224. The van der Waals surface area contributed by atoms with Gasteiger partial charge in [-0.15, -0.1) is 0 Å². The molecule has 3 nitrogen and oxygen atoms in total. The molecule has 0 radical (unpaired) electrons. The van der Waals surface area contributed by atoms with Gasteiger partial charge < -0.3 is 9.84 Å². The lowest BCUT2D eigenvalue weighted by molar-refractivity contribution is -0.155. The largest absolute Gasteiger partial charge is 0.479 e. The van der Waals surface area contributed by atoms with E-state index in [9.17, 15) is 4.79 Å². The fourth-order valence-corrected chi connectivity index (χ4v) is 2.00. The Morgan fingerprint density at radius 1 is 1.23 bits per heavy atom. The fraction of sp³-hybridized carbons (Fsp3) is 0.900. The highest BCUT2D eigenvalue weighted by molar-refractivity contribution is 5.73. The first-order valence-corrected chi connectivity index (χ1v) is 5.15. The van der Waals surface area contributed by atoms with Gasteiger partial charge in [-0.2, -0.15) is 0 Å². The van der Waals surface area contributed by atoms with Gasteiger partial charge in [0.05, 0.1) is 6.10 Å². The van der Waals surface area contributed by atoms with E-state index in [-0.39, 0.29) is 6.10 Å². The number of carboxylic acids is 1. The van der Waals surface area contributed by atoms with Gasteiger partial charge >= 0.3 is 5.97 Å². The summed E-state index contributed by atoms with van der Waals surface area (Å²) in [6.45, 7) is 0. The van der Waals surface area contributed by atoms with Crippen LogP contribution in [0, 0.1) is 5.92 Å². The number of rotatable bonds is 4. The molecular formula is C10H16O3. The van der Waals surface area contributed by atoms with Crippen LogP contribution in [0.2, 0.25) is 0 Å². The highest BCUT2D eigenvalue weighted by Crippen LogP contribution is 2.36. The molecule has 0 amide bonds. The van der Waals surface area contributed by atoms with Crippen molar-refractivity contribution in [1.82, 2.24) is 0 Å². The molecule has 1 N–H and O–H groups in total. The third-order valence-corrected chi connectivity index (χ3v) is 2.93. The van der Waals surface area contributed by atoms with E-state index in [1.165, 1.54) is 12.8 Å². The highest BCUT2D eigenvalue weighted by atomic mass is 16.5. The monoisotopic (exact) mass is 184 g/mol. The maximum Gasteiger partial charge on any atom is 0.333 e. The summed E-state index contributed by atoms with van der Waals surface area (Å²) < 4.78 is 5.60. The van der Waals surface area contributed by atoms with Gasteiger partial charge in [0.25, 0.3) is 0 Å². The van der Waals surface area contributed by atoms with Crippen molar-refractivity contribution in [3.63, 3.8) is 0 Å². The van der Waals surface area contributed by atoms with Crippen LogP contribution in [-0.2, 0) is 9.53 Å². The van der Waals surface area contributed by atoms with Crippen molar-refractivity contribution in [3.05, 3.63) is 0 Å². The van der Waals surface area contributed by atoms with Crippen LogP contribution in [0.4, 0.5) is 0 Å². The number of carbonyl (C=O) groups is 1. The summed E-state index contributed by atoms with van der Waals surface area (Å²) in [6.07, 6.45) is 6.27. The van der Waals surface area contributed by atoms with Gasteiger partial charge in [-0.1, -0.05) is 12.8 Å². The molecule has 1 atom stereocenters. The van der Waals surface area contributed by atoms with E-state index >= 15 is 0 Å². The first kappa shape index (κ1) is 9.00. The van der Waals surface area contributed by atoms with E-state index in [4.69, 9.17) is 9.84 Å². The van der Waals surface area contributed by atoms with Gasteiger partial charge in [-0.05, 0) is 31.6 Å². The highest BCUT2D eigenvalue weighted by Gasteiger charge is 2.38. The van der Waals surface area contributed by atoms with Gasteiger partial charge in [0.15, 0.2) is 6.10 Å². The molecule has 0 heterocycles. The summed E-state index contributed by atoms with van der Waals surface area (Å²) in [4.78, 5) is 10.8. The molecule has 2 fully saturated rings. The summed E-state index contributed by atoms with van der Waals surface area (Å²) >= 11 is 0. The SMILES string of the molecule is O=C(O)C(OC1CCCC1)C1CC1. The molecule has 0 bridgehead atoms. The molecule has 0 aromatic heterocycles. The lowest BCUT2D eigenvalue weighted by Gasteiger charge is -2.17. The molecule has 13 heavy (non-hydrogen) atoms. The Balaban J connectivity index is 1.84. The van der Waals surface area contributed by atoms with Crippen molar-refractivity contribution in [3.8, 4) is 0 Å². The normalized spacial score (nSPS) is 26.2. The lowest BCUT2D eigenvalue weighted by Crippen LogP contribution is -2.30. The van der Waals surface area contributed by atoms with Crippen LogP contribution >= 0.6 is 0 Å². The van der Waals surface area contributed by atoms with E-state index < -0.39 is 12.1 Å². The number of aliphatic carboxylic acids is 1. The van der Waals surface area contributed by atoms with Crippen LogP contribution in [-0.4, -0.2) is 23.3 Å². The Morgan fingerprint density at radius 2 is 1.85 bits per heavy atom. The van der Waals surface area contributed by atoms with E-state index in [1.807, 2.05) is 0 Å². The molecular weight excluding hydrogens is 168 g/mol. The maximum absolute atomic E-state index is 10.8. The van der Waals surface area contributed by atoms with Crippen LogP contribution < -0.4 is 0 Å². The van der Waals surface area contributed by atoms with Crippen LogP contribution in [0.15, 0.2) is 0 Å². The molecule has 2 aliphatic carbocycles. The number of hydrogen-bond donors (Lipinski definition) is 1. The van der Waals surface area contributed by atoms with Gasteiger partial charge in [-0.25, -0.2) is 4.79 Å². The zero-order valence-electron chi connectivity index (χ0n) is 7.74. The molecule has 2 rings (SSSR count). The molecule has 2 saturated carbocycles. The van der Waals surface area contributed by atoms with Crippen LogP contribution in [0.5, 0.6) is 0 Å². The standard InChI is InChI=1S/C10H16O3/c11-10(12)9(7-5-6-7)13-8-3-1-2-4-8/h7-9H,1-6H2,(H,11,12). The van der Waals surface area contributed by atoms with Crippen molar-refractivity contribution in [2.75, 3.05) is 0 Å². The van der Waals surface area contributed by atoms with E-state index in [2.05, 4.69) is 0 Å². The molecule has 74 valence electrons. The van der Waals surface area contributed by atoms with E-state index in [1.54, 1.807) is 0 Å². The molecule has 0 saturated heterocycles. The molecule has 2 aliphatic rings. The Morgan fingerprint density at radius 3 is 2.31 bits per heavy atom. The van der Waals surface area contributed by atoms with Crippen molar-refractivity contribution in [2.24, 2.45) is 5.92 Å². The number of ether oxygens (including phenoxy) is 1. The summed E-state index contributed by atoms with van der Waals surface area (Å²) in [5.74, 6) is -0.465. The minimum Gasteiger partial charge on any atom is -0.479 e. The second-order valence-electron chi connectivity index (χ2n) is 4.14. The summed E-state index contributed by atoms with van der Waals surface area (Å²) in [7, 11) is 0. The third kappa shape index (κ3) is 2.21. The average molecular weight is 184 g/mol. The smallest absolute Gasteiger partial charge is 0.333 e. The quantitative estimate of drug-likeness (QED) is 0.724. The average Bonchev–Trinajstić information content (AvgIpc) is 2.79. The van der Waals surface area contributed by atoms with Crippen LogP contribution in [0.1, 0.15) is 38.5 Å². The Hall–Kier alpha value is -0.570. The summed E-state index contributed by atoms with van der Waals surface area (Å²) in [5, 5.41) is 8.92. The second kappa shape index (κ2) is 3.66. The molecule has 0 aliphatic heterocycles. The molecule has 0 spiro atoms. The van der Waals surface area contributed by atoms with Gasteiger partial charge in [0.1, 0.15) is 0 Å². The Kier molecular flexibility index (Phi) is 2.54. The first-order valence-electron chi connectivity index (χ1n) is 5.15. The predicted molar refractivity (Wildman–Crippen MR) is 47.5 cm³/mol. The Labute approximate surface area is 78.1 Å². The zero-order chi connectivity index (χ0) is 9.26. The van der Waals surface area contributed by atoms with Crippen LogP contribution in [0.3, 0.4) is 0 Å².